The third kappa shape index (κ3) is 2.97. The molecule has 3 nitrogen and oxygen atoms in total. The van der Waals surface area contributed by atoms with Crippen molar-refractivity contribution in [2.75, 3.05) is 6.54 Å². The third-order valence-corrected chi connectivity index (χ3v) is 4.16. The molecule has 2 rings (SSSR count). The Bertz CT molecular complexity index is 230. The fourth-order valence-electron chi connectivity index (χ4n) is 3.36. The largest absolute Gasteiger partial charge is 0.480 e. The van der Waals surface area contributed by atoms with Crippen LogP contribution in [0.4, 0.5) is 0 Å². The molecule has 0 saturated heterocycles. The van der Waals surface area contributed by atoms with Crippen LogP contribution < -0.4 is 0 Å². The van der Waals surface area contributed by atoms with E-state index in [0.29, 0.717) is 12.1 Å². The van der Waals surface area contributed by atoms with Crippen LogP contribution in [0.15, 0.2) is 0 Å². The van der Waals surface area contributed by atoms with E-state index >= 15 is 0 Å². The molecule has 0 radical (unpaired) electrons. The second kappa shape index (κ2) is 5.67. The summed E-state index contributed by atoms with van der Waals surface area (Å²) < 4.78 is 0. The van der Waals surface area contributed by atoms with Crippen LogP contribution in [0.5, 0.6) is 0 Å². The molecule has 1 N–H and O–H groups in total. The molecule has 0 bridgehead atoms. The maximum absolute atomic E-state index is 11.0. The number of aliphatic carboxylic acids is 1. The molecule has 0 aliphatic heterocycles. The molecule has 0 spiro atoms. The summed E-state index contributed by atoms with van der Waals surface area (Å²) in [5.41, 5.74) is 0. The molecule has 0 unspecified atom stereocenters. The highest BCUT2D eigenvalue weighted by Gasteiger charge is 2.30. The van der Waals surface area contributed by atoms with Gasteiger partial charge in [-0.1, -0.05) is 32.1 Å². The molecule has 0 amide bonds. The highest BCUT2D eigenvalue weighted by Crippen LogP contribution is 2.30. The average Bonchev–Trinajstić information content (AvgIpc) is 2.80. The van der Waals surface area contributed by atoms with Gasteiger partial charge in [-0.15, -0.1) is 0 Å². The molecule has 0 aromatic carbocycles. The van der Waals surface area contributed by atoms with Gasteiger partial charge in [0.2, 0.25) is 0 Å². The summed E-state index contributed by atoms with van der Waals surface area (Å²) >= 11 is 0. The molecule has 92 valence electrons. The van der Waals surface area contributed by atoms with E-state index < -0.39 is 5.97 Å². The van der Waals surface area contributed by atoms with E-state index in [4.69, 9.17) is 5.11 Å². The zero-order valence-electron chi connectivity index (χ0n) is 10.0. The predicted octanol–water partition coefficient (Wildman–Crippen LogP) is 2.65. The first-order chi connectivity index (χ1) is 7.77. The Morgan fingerprint density at radius 2 is 1.38 bits per heavy atom. The number of hydrogen-bond donors (Lipinski definition) is 1. The maximum atomic E-state index is 11.0. The topological polar surface area (TPSA) is 40.5 Å². The lowest BCUT2D eigenvalue weighted by molar-refractivity contribution is -0.140. The monoisotopic (exact) mass is 225 g/mol. The lowest BCUT2D eigenvalue weighted by atomic mass is 9.93. The first-order valence-corrected chi connectivity index (χ1v) is 6.75. The molecule has 0 aromatic heterocycles. The van der Waals surface area contributed by atoms with Gasteiger partial charge in [-0.2, -0.15) is 0 Å². The Morgan fingerprint density at radius 3 is 1.81 bits per heavy atom. The van der Waals surface area contributed by atoms with Crippen molar-refractivity contribution in [1.29, 1.82) is 0 Å². The number of carboxylic acids is 1. The predicted molar refractivity (Wildman–Crippen MR) is 63.5 cm³/mol. The van der Waals surface area contributed by atoms with Crippen LogP contribution in [0, 0.1) is 0 Å². The van der Waals surface area contributed by atoms with E-state index in [1.165, 1.54) is 57.8 Å². The Hall–Kier alpha value is -0.570. The van der Waals surface area contributed by atoms with Crippen LogP contribution in [-0.4, -0.2) is 34.6 Å². The molecule has 2 aliphatic carbocycles. The number of rotatable bonds is 4. The molecule has 0 aromatic rings. The minimum atomic E-state index is -0.655. The molecule has 0 atom stereocenters. The molecule has 0 heterocycles. The molecule has 3 heteroatoms. The summed E-state index contributed by atoms with van der Waals surface area (Å²) in [7, 11) is 0. The van der Waals surface area contributed by atoms with E-state index in [1.807, 2.05) is 0 Å². The van der Waals surface area contributed by atoms with Crippen LogP contribution >= 0.6 is 0 Å². The second-order valence-electron chi connectivity index (χ2n) is 5.30. The highest BCUT2D eigenvalue weighted by atomic mass is 16.4. The van der Waals surface area contributed by atoms with E-state index in [9.17, 15) is 4.79 Å². The number of hydrogen-bond acceptors (Lipinski definition) is 2. The van der Waals surface area contributed by atoms with Gasteiger partial charge in [-0.25, -0.2) is 0 Å². The van der Waals surface area contributed by atoms with Crippen molar-refractivity contribution < 1.29 is 9.90 Å². The van der Waals surface area contributed by atoms with Gasteiger partial charge in [0.1, 0.15) is 0 Å². The Labute approximate surface area is 97.8 Å². The zero-order chi connectivity index (χ0) is 11.4. The smallest absolute Gasteiger partial charge is 0.317 e. The van der Waals surface area contributed by atoms with Gasteiger partial charge in [-0.3, -0.25) is 9.69 Å². The summed E-state index contributed by atoms with van der Waals surface area (Å²) in [6.45, 7) is 0.259. The van der Waals surface area contributed by atoms with Crippen molar-refractivity contribution in [3.8, 4) is 0 Å². The summed E-state index contributed by atoms with van der Waals surface area (Å²) in [5.74, 6) is -0.655. The summed E-state index contributed by atoms with van der Waals surface area (Å²) in [6.07, 6.45) is 11.3. The fourth-order valence-corrected chi connectivity index (χ4v) is 3.36. The standard InChI is InChI=1S/C13H23NO2/c15-13(16)10-14(12-8-4-5-9-12)11-6-2-1-3-7-11/h11-12H,1-10H2,(H,15,16). The van der Waals surface area contributed by atoms with Crippen molar-refractivity contribution in [2.45, 2.75) is 69.9 Å². The van der Waals surface area contributed by atoms with Crippen LogP contribution in [0.2, 0.25) is 0 Å². The van der Waals surface area contributed by atoms with Crippen molar-refractivity contribution in [3.63, 3.8) is 0 Å². The number of nitrogens with zero attached hydrogens (tertiary/aromatic N) is 1. The lowest BCUT2D eigenvalue weighted by Gasteiger charge is -2.37. The number of carbonyl (C=O) groups is 1. The second-order valence-corrected chi connectivity index (χ2v) is 5.30. The van der Waals surface area contributed by atoms with Crippen molar-refractivity contribution in [3.05, 3.63) is 0 Å². The van der Waals surface area contributed by atoms with Gasteiger partial charge in [-0.05, 0) is 25.7 Å². The van der Waals surface area contributed by atoms with Gasteiger partial charge < -0.3 is 5.11 Å². The Kier molecular flexibility index (Phi) is 4.22. The van der Waals surface area contributed by atoms with Crippen LogP contribution in [-0.2, 0) is 4.79 Å². The SMILES string of the molecule is O=C(O)CN(C1CCCCC1)C1CCCC1. The third-order valence-electron chi connectivity index (χ3n) is 4.16. The van der Waals surface area contributed by atoms with Crippen LogP contribution in [0.25, 0.3) is 0 Å². The van der Waals surface area contributed by atoms with E-state index in [-0.39, 0.29) is 6.54 Å². The van der Waals surface area contributed by atoms with E-state index in [1.54, 1.807) is 0 Å². The van der Waals surface area contributed by atoms with Crippen LogP contribution in [0.1, 0.15) is 57.8 Å². The Balaban J connectivity index is 1.96. The van der Waals surface area contributed by atoms with Gasteiger partial charge >= 0.3 is 5.97 Å². The van der Waals surface area contributed by atoms with E-state index in [0.717, 1.165) is 0 Å². The molecular weight excluding hydrogens is 202 g/mol. The van der Waals surface area contributed by atoms with Crippen molar-refractivity contribution >= 4 is 5.97 Å². The molecule has 16 heavy (non-hydrogen) atoms. The zero-order valence-corrected chi connectivity index (χ0v) is 10.0. The first-order valence-electron chi connectivity index (χ1n) is 6.75. The minimum absolute atomic E-state index is 0.259. The molecule has 2 aliphatic rings. The van der Waals surface area contributed by atoms with Gasteiger partial charge in [0, 0.05) is 12.1 Å². The average molecular weight is 225 g/mol. The van der Waals surface area contributed by atoms with Gasteiger partial charge in [0.25, 0.3) is 0 Å². The molecule has 2 fully saturated rings. The van der Waals surface area contributed by atoms with Crippen molar-refractivity contribution in [2.24, 2.45) is 0 Å². The normalized spacial score (nSPS) is 24.1. The van der Waals surface area contributed by atoms with Gasteiger partial charge in [0.15, 0.2) is 0 Å². The summed E-state index contributed by atoms with van der Waals surface area (Å²) in [6, 6.07) is 1.10. The van der Waals surface area contributed by atoms with Gasteiger partial charge in [0.05, 0.1) is 6.54 Å². The minimum Gasteiger partial charge on any atom is -0.480 e. The first kappa shape index (κ1) is 11.9. The fraction of sp³-hybridized carbons (Fsp3) is 0.923. The summed E-state index contributed by atoms with van der Waals surface area (Å²) in [4.78, 5) is 13.3. The Morgan fingerprint density at radius 1 is 0.938 bits per heavy atom. The molecule has 2 saturated carbocycles. The van der Waals surface area contributed by atoms with Crippen molar-refractivity contribution in [1.82, 2.24) is 4.90 Å². The summed E-state index contributed by atoms with van der Waals surface area (Å²) in [5, 5.41) is 9.03. The lowest BCUT2D eigenvalue weighted by Crippen LogP contribution is -2.45. The maximum Gasteiger partial charge on any atom is 0.317 e. The molecular formula is C13H23NO2. The number of carboxylic acid groups (broad SMARTS) is 1. The van der Waals surface area contributed by atoms with Crippen LogP contribution in [0.3, 0.4) is 0 Å². The quantitative estimate of drug-likeness (QED) is 0.799. The van der Waals surface area contributed by atoms with E-state index in [2.05, 4.69) is 4.90 Å². The highest BCUT2D eigenvalue weighted by molar-refractivity contribution is 5.69.